The van der Waals surface area contributed by atoms with E-state index in [1.165, 1.54) is 6.33 Å². The number of nitrogens with two attached hydrogens (primary N) is 1. The second-order valence-electron chi connectivity index (χ2n) is 4.39. The molecular formula is C14H12ClN5. The molecule has 6 heteroatoms. The number of benzene rings is 1. The van der Waals surface area contributed by atoms with Crippen LogP contribution in [0.25, 0.3) is 17.1 Å². The second-order valence-corrected chi connectivity index (χ2v) is 4.83. The number of aryl methyl sites for hydroxylation is 1. The van der Waals surface area contributed by atoms with Crippen LogP contribution in [0, 0.1) is 6.92 Å². The highest BCUT2D eigenvalue weighted by atomic mass is 35.5. The summed E-state index contributed by atoms with van der Waals surface area (Å²) in [5, 5.41) is 5.14. The molecular weight excluding hydrogens is 274 g/mol. The van der Waals surface area contributed by atoms with Gasteiger partial charge in [0, 0.05) is 28.4 Å². The molecule has 0 radical (unpaired) electrons. The van der Waals surface area contributed by atoms with Crippen LogP contribution >= 0.6 is 11.6 Å². The minimum absolute atomic E-state index is 0.512. The van der Waals surface area contributed by atoms with Gasteiger partial charge in [-0.1, -0.05) is 23.7 Å². The van der Waals surface area contributed by atoms with Gasteiger partial charge in [-0.3, -0.25) is 0 Å². The minimum Gasteiger partial charge on any atom is -0.384 e. The summed E-state index contributed by atoms with van der Waals surface area (Å²) < 4.78 is 1.59. The van der Waals surface area contributed by atoms with Gasteiger partial charge in [-0.15, -0.1) is 0 Å². The number of hydrogen-bond acceptors (Lipinski definition) is 4. The van der Waals surface area contributed by atoms with Crippen LogP contribution < -0.4 is 5.73 Å². The van der Waals surface area contributed by atoms with Crippen molar-refractivity contribution < 1.29 is 0 Å². The van der Waals surface area contributed by atoms with Gasteiger partial charge in [0.05, 0.1) is 5.69 Å². The van der Waals surface area contributed by atoms with Gasteiger partial charge in [-0.05, 0) is 19.1 Å². The Morgan fingerprint density at radius 1 is 1.15 bits per heavy atom. The van der Waals surface area contributed by atoms with Crippen molar-refractivity contribution in [1.29, 1.82) is 0 Å². The van der Waals surface area contributed by atoms with Crippen molar-refractivity contribution in [3.8, 4) is 17.1 Å². The maximum absolute atomic E-state index is 6.01. The molecule has 0 saturated heterocycles. The van der Waals surface area contributed by atoms with E-state index in [1.807, 2.05) is 37.3 Å². The molecule has 0 spiro atoms. The monoisotopic (exact) mass is 285 g/mol. The standard InChI is InChI=1S/C14H12ClN5/c1-9-5-14(18-8-17-9)20-13(16)7-12(19-20)10-3-2-4-11(15)6-10/h2-8H,16H2,1H3. The van der Waals surface area contributed by atoms with E-state index in [2.05, 4.69) is 15.1 Å². The summed E-state index contributed by atoms with van der Waals surface area (Å²) in [4.78, 5) is 8.24. The first-order valence-corrected chi connectivity index (χ1v) is 6.42. The van der Waals surface area contributed by atoms with Crippen molar-refractivity contribution in [2.24, 2.45) is 0 Å². The van der Waals surface area contributed by atoms with E-state index >= 15 is 0 Å². The molecule has 0 bridgehead atoms. The van der Waals surface area contributed by atoms with Crippen molar-refractivity contribution in [3.05, 3.63) is 53.4 Å². The highest BCUT2D eigenvalue weighted by molar-refractivity contribution is 6.30. The van der Waals surface area contributed by atoms with E-state index in [0.29, 0.717) is 16.7 Å². The zero-order chi connectivity index (χ0) is 14.1. The normalized spacial score (nSPS) is 10.7. The minimum atomic E-state index is 0.512. The maximum atomic E-state index is 6.01. The van der Waals surface area contributed by atoms with Crippen molar-refractivity contribution in [2.75, 3.05) is 5.73 Å². The molecule has 0 amide bonds. The van der Waals surface area contributed by atoms with Crippen LogP contribution in [0.2, 0.25) is 5.02 Å². The van der Waals surface area contributed by atoms with Gasteiger partial charge in [0.25, 0.3) is 0 Å². The molecule has 20 heavy (non-hydrogen) atoms. The van der Waals surface area contributed by atoms with E-state index in [0.717, 1.165) is 17.0 Å². The first-order valence-electron chi connectivity index (χ1n) is 6.04. The predicted molar refractivity (Wildman–Crippen MR) is 78.7 cm³/mol. The van der Waals surface area contributed by atoms with Crippen molar-refractivity contribution in [2.45, 2.75) is 6.92 Å². The van der Waals surface area contributed by atoms with E-state index < -0.39 is 0 Å². The van der Waals surface area contributed by atoms with Crippen LogP contribution in [0.1, 0.15) is 5.69 Å². The summed E-state index contributed by atoms with van der Waals surface area (Å²) >= 11 is 5.99. The number of anilines is 1. The van der Waals surface area contributed by atoms with Gasteiger partial charge in [-0.25, -0.2) is 9.97 Å². The van der Waals surface area contributed by atoms with E-state index in [1.54, 1.807) is 10.7 Å². The molecule has 1 aromatic carbocycles. The van der Waals surface area contributed by atoms with Gasteiger partial charge < -0.3 is 5.73 Å². The summed E-state index contributed by atoms with van der Waals surface area (Å²) in [7, 11) is 0. The quantitative estimate of drug-likeness (QED) is 0.786. The molecule has 0 aliphatic carbocycles. The molecule has 0 fully saturated rings. The first kappa shape index (κ1) is 12.6. The molecule has 100 valence electrons. The number of halogens is 1. The fraction of sp³-hybridized carbons (Fsp3) is 0.0714. The largest absolute Gasteiger partial charge is 0.384 e. The lowest BCUT2D eigenvalue weighted by atomic mass is 10.1. The molecule has 0 unspecified atom stereocenters. The molecule has 2 N–H and O–H groups in total. The van der Waals surface area contributed by atoms with Crippen LogP contribution in [-0.2, 0) is 0 Å². The third-order valence-electron chi connectivity index (χ3n) is 2.86. The highest BCUT2D eigenvalue weighted by Gasteiger charge is 2.10. The topological polar surface area (TPSA) is 69.6 Å². The van der Waals surface area contributed by atoms with Gasteiger partial charge in [0.2, 0.25) is 0 Å². The Balaban J connectivity index is 2.08. The van der Waals surface area contributed by atoms with Crippen LogP contribution in [0.4, 0.5) is 5.82 Å². The molecule has 0 aliphatic rings. The van der Waals surface area contributed by atoms with Crippen LogP contribution in [-0.4, -0.2) is 19.7 Å². The lowest BCUT2D eigenvalue weighted by molar-refractivity contribution is 0.847. The van der Waals surface area contributed by atoms with E-state index in [-0.39, 0.29) is 0 Å². The number of rotatable bonds is 2. The Hall–Kier alpha value is -2.40. The summed E-state index contributed by atoms with van der Waals surface area (Å²) in [6, 6.07) is 11.1. The number of aromatic nitrogens is 4. The Morgan fingerprint density at radius 2 is 2.00 bits per heavy atom. The highest BCUT2D eigenvalue weighted by Crippen LogP contribution is 2.24. The van der Waals surface area contributed by atoms with E-state index in [4.69, 9.17) is 17.3 Å². The second kappa shape index (κ2) is 4.94. The molecule has 0 atom stereocenters. The number of hydrogen-bond donors (Lipinski definition) is 1. The van der Waals surface area contributed by atoms with Crippen LogP contribution in [0.5, 0.6) is 0 Å². The number of nitrogens with zero attached hydrogens (tertiary/aromatic N) is 4. The lowest BCUT2D eigenvalue weighted by Crippen LogP contribution is -2.04. The molecule has 5 nitrogen and oxygen atoms in total. The summed E-state index contributed by atoms with van der Waals surface area (Å²) in [5.41, 5.74) is 8.52. The lowest BCUT2D eigenvalue weighted by Gasteiger charge is -2.02. The van der Waals surface area contributed by atoms with Gasteiger partial charge in [-0.2, -0.15) is 9.78 Å². The SMILES string of the molecule is Cc1cc(-n2nc(-c3cccc(Cl)c3)cc2N)ncn1. The fourth-order valence-electron chi connectivity index (χ4n) is 1.92. The molecule has 2 aromatic heterocycles. The average Bonchev–Trinajstić information content (AvgIpc) is 2.81. The molecule has 0 aliphatic heterocycles. The average molecular weight is 286 g/mol. The van der Waals surface area contributed by atoms with Crippen LogP contribution in [0.15, 0.2) is 42.7 Å². The maximum Gasteiger partial charge on any atom is 0.159 e. The molecule has 3 rings (SSSR count). The summed E-state index contributed by atoms with van der Waals surface area (Å²) in [6.07, 6.45) is 1.49. The Morgan fingerprint density at radius 3 is 2.75 bits per heavy atom. The van der Waals surface area contributed by atoms with Crippen molar-refractivity contribution in [1.82, 2.24) is 19.7 Å². The zero-order valence-corrected chi connectivity index (χ0v) is 11.5. The van der Waals surface area contributed by atoms with Crippen LogP contribution in [0.3, 0.4) is 0 Å². The molecule has 0 saturated carbocycles. The zero-order valence-electron chi connectivity index (χ0n) is 10.8. The fourth-order valence-corrected chi connectivity index (χ4v) is 2.11. The van der Waals surface area contributed by atoms with Crippen molar-refractivity contribution >= 4 is 17.4 Å². The van der Waals surface area contributed by atoms with Gasteiger partial charge >= 0.3 is 0 Å². The predicted octanol–water partition coefficient (Wildman–Crippen LogP) is 2.87. The van der Waals surface area contributed by atoms with E-state index in [9.17, 15) is 0 Å². The third kappa shape index (κ3) is 2.35. The van der Waals surface area contributed by atoms with Gasteiger partial charge in [0.1, 0.15) is 12.1 Å². The Labute approximate surface area is 121 Å². The van der Waals surface area contributed by atoms with Crippen molar-refractivity contribution in [3.63, 3.8) is 0 Å². The molecule has 3 aromatic rings. The summed E-state index contributed by atoms with van der Waals surface area (Å²) in [5.74, 6) is 1.15. The third-order valence-corrected chi connectivity index (χ3v) is 3.10. The smallest absolute Gasteiger partial charge is 0.159 e. The van der Waals surface area contributed by atoms with Gasteiger partial charge in [0.15, 0.2) is 5.82 Å². The number of nitrogen functional groups attached to an aromatic ring is 1. The Bertz CT molecular complexity index is 766. The first-order chi connectivity index (χ1) is 9.63. The molecule has 2 heterocycles. The Kier molecular flexibility index (Phi) is 3.12. The summed E-state index contributed by atoms with van der Waals surface area (Å²) in [6.45, 7) is 1.89.